The number of nitrogens with zero attached hydrogens (tertiary/aromatic N) is 3. The minimum Gasteiger partial charge on any atom is -0.497 e. The molecule has 156 valence electrons. The molecule has 2 aromatic rings. The first-order valence-electron chi connectivity index (χ1n) is 10.1. The number of hydrogen-bond donors (Lipinski definition) is 1. The summed E-state index contributed by atoms with van der Waals surface area (Å²) in [5.41, 5.74) is 2.38. The molecule has 1 aromatic carbocycles. The average Bonchev–Trinajstić information content (AvgIpc) is 2.78. The molecule has 6 nitrogen and oxygen atoms in total. The Morgan fingerprint density at radius 1 is 1.14 bits per heavy atom. The normalized spacial score (nSPS) is 14.4. The van der Waals surface area contributed by atoms with E-state index in [1.165, 1.54) is 11.1 Å². The number of morpholine rings is 1. The van der Waals surface area contributed by atoms with Crippen LogP contribution in [0.1, 0.15) is 17.5 Å². The maximum atomic E-state index is 5.73. The maximum absolute atomic E-state index is 5.73. The lowest BCUT2D eigenvalue weighted by Gasteiger charge is -2.29. The monoisotopic (exact) mass is 414 g/mol. The molecule has 1 aromatic heterocycles. The van der Waals surface area contributed by atoms with E-state index < -0.39 is 0 Å². The van der Waals surface area contributed by atoms with Gasteiger partial charge in [0.05, 0.1) is 20.3 Å². The fraction of sp³-hybridized carbons (Fsp3) is 0.455. The number of nitrogens with one attached hydrogen (secondary N) is 1. The smallest absolute Gasteiger partial charge is 0.169 e. The van der Waals surface area contributed by atoms with E-state index in [9.17, 15) is 0 Å². The molecule has 1 saturated heterocycles. The number of pyridine rings is 1. The van der Waals surface area contributed by atoms with Gasteiger partial charge < -0.3 is 19.7 Å². The summed E-state index contributed by atoms with van der Waals surface area (Å²) >= 11 is 5.73. The van der Waals surface area contributed by atoms with E-state index >= 15 is 0 Å². The number of thiocarbonyl (C=S) groups is 1. The van der Waals surface area contributed by atoms with Crippen molar-refractivity contribution in [2.75, 3.05) is 46.5 Å². The van der Waals surface area contributed by atoms with Gasteiger partial charge in [0.2, 0.25) is 0 Å². The number of methoxy groups -OCH3 is 1. The molecule has 0 bridgehead atoms. The Hall–Kier alpha value is -2.22. The number of benzene rings is 1. The van der Waals surface area contributed by atoms with Crippen molar-refractivity contribution in [1.29, 1.82) is 0 Å². The van der Waals surface area contributed by atoms with Crippen LogP contribution in [-0.4, -0.2) is 66.4 Å². The third kappa shape index (κ3) is 7.27. The highest BCUT2D eigenvalue weighted by Crippen LogP contribution is 2.12. The van der Waals surface area contributed by atoms with Crippen LogP contribution in [0.15, 0.2) is 48.8 Å². The third-order valence-electron chi connectivity index (χ3n) is 5.02. The molecule has 0 unspecified atom stereocenters. The van der Waals surface area contributed by atoms with Gasteiger partial charge in [-0.25, -0.2) is 0 Å². The molecule has 3 rings (SSSR count). The van der Waals surface area contributed by atoms with Crippen LogP contribution in [0.5, 0.6) is 5.75 Å². The van der Waals surface area contributed by atoms with Crippen molar-refractivity contribution in [3.05, 3.63) is 59.9 Å². The summed E-state index contributed by atoms with van der Waals surface area (Å²) in [6.07, 6.45) is 4.72. The Morgan fingerprint density at radius 2 is 1.86 bits per heavy atom. The van der Waals surface area contributed by atoms with E-state index in [2.05, 4.69) is 32.2 Å². The van der Waals surface area contributed by atoms with E-state index in [1.807, 2.05) is 36.7 Å². The summed E-state index contributed by atoms with van der Waals surface area (Å²) in [5.74, 6) is 0.860. The summed E-state index contributed by atoms with van der Waals surface area (Å²) in [5, 5.41) is 4.19. The Balaban J connectivity index is 1.54. The number of hydrogen-bond acceptors (Lipinski definition) is 5. The first kappa shape index (κ1) is 21.5. The van der Waals surface area contributed by atoms with Gasteiger partial charge >= 0.3 is 0 Å². The van der Waals surface area contributed by atoms with Crippen molar-refractivity contribution < 1.29 is 9.47 Å². The van der Waals surface area contributed by atoms with Crippen molar-refractivity contribution in [2.24, 2.45) is 0 Å². The first-order valence-corrected chi connectivity index (χ1v) is 10.5. The van der Waals surface area contributed by atoms with Gasteiger partial charge in [-0.15, -0.1) is 0 Å². The van der Waals surface area contributed by atoms with Crippen LogP contribution < -0.4 is 10.1 Å². The first-order chi connectivity index (χ1) is 14.2. The van der Waals surface area contributed by atoms with Gasteiger partial charge in [0, 0.05) is 51.7 Å². The van der Waals surface area contributed by atoms with E-state index in [4.69, 9.17) is 21.7 Å². The molecule has 0 amide bonds. The molecule has 1 aliphatic heterocycles. The van der Waals surface area contributed by atoms with E-state index in [1.54, 1.807) is 7.11 Å². The summed E-state index contributed by atoms with van der Waals surface area (Å²) in [4.78, 5) is 8.82. The molecule has 0 aliphatic carbocycles. The van der Waals surface area contributed by atoms with Crippen LogP contribution in [0.25, 0.3) is 0 Å². The van der Waals surface area contributed by atoms with Gasteiger partial charge in [-0.3, -0.25) is 9.88 Å². The number of ether oxygens (including phenoxy) is 2. The second-order valence-electron chi connectivity index (χ2n) is 7.09. The van der Waals surface area contributed by atoms with Crippen molar-refractivity contribution in [3.63, 3.8) is 0 Å². The average molecular weight is 415 g/mol. The second-order valence-corrected chi connectivity index (χ2v) is 7.48. The topological polar surface area (TPSA) is 49.9 Å². The van der Waals surface area contributed by atoms with Gasteiger partial charge in [-0.2, -0.15) is 0 Å². The molecule has 0 atom stereocenters. The number of aromatic nitrogens is 1. The standard InChI is InChI=1S/C22H30N4O2S/c1-27-21-5-3-19(4-6-21)17-24-22(29)26(18-20-7-9-23-10-8-20)12-2-11-25-13-15-28-16-14-25/h3-10H,2,11-18H2,1H3,(H,24,29). The van der Waals surface area contributed by atoms with Crippen LogP contribution in [0.4, 0.5) is 0 Å². The molecule has 0 saturated carbocycles. The van der Waals surface area contributed by atoms with Crippen LogP contribution in [0.3, 0.4) is 0 Å². The molecular weight excluding hydrogens is 384 g/mol. The zero-order valence-electron chi connectivity index (χ0n) is 17.0. The van der Waals surface area contributed by atoms with E-state index in [0.717, 1.165) is 63.2 Å². The van der Waals surface area contributed by atoms with Gasteiger partial charge in [-0.05, 0) is 54.0 Å². The Labute approximate surface area is 178 Å². The summed E-state index contributed by atoms with van der Waals surface area (Å²) in [6, 6.07) is 12.1. The molecule has 2 heterocycles. The zero-order chi connectivity index (χ0) is 20.3. The summed E-state index contributed by atoms with van der Waals surface area (Å²) < 4.78 is 10.7. The molecule has 7 heteroatoms. The predicted octanol–water partition coefficient (Wildman–Crippen LogP) is 2.69. The lowest BCUT2D eigenvalue weighted by Crippen LogP contribution is -2.42. The minimum atomic E-state index is 0.694. The molecule has 0 spiro atoms. The van der Waals surface area contributed by atoms with Crippen LogP contribution in [0.2, 0.25) is 0 Å². The fourth-order valence-corrected chi connectivity index (χ4v) is 3.53. The van der Waals surface area contributed by atoms with Crippen molar-refractivity contribution in [2.45, 2.75) is 19.5 Å². The van der Waals surface area contributed by atoms with E-state index in [0.29, 0.717) is 6.54 Å². The zero-order valence-corrected chi connectivity index (χ0v) is 17.9. The Morgan fingerprint density at radius 3 is 2.55 bits per heavy atom. The fourth-order valence-electron chi connectivity index (χ4n) is 3.30. The lowest BCUT2D eigenvalue weighted by molar-refractivity contribution is 0.0367. The highest BCUT2D eigenvalue weighted by Gasteiger charge is 2.13. The summed E-state index contributed by atoms with van der Waals surface area (Å²) in [6.45, 7) is 7.16. The molecule has 29 heavy (non-hydrogen) atoms. The third-order valence-corrected chi connectivity index (χ3v) is 5.42. The largest absolute Gasteiger partial charge is 0.497 e. The molecule has 1 N–H and O–H groups in total. The van der Waals surface area contributed by atoms with Gasteiger partial charge in [0.1, 0.15) is 5.75 Å². The predicted molar refractivity (Wildman–Crippen MR) is 119 cm³/mol. The molecule has 1 aliphatic rings. The molecule has 0 radical (unpaired) electrons. The number of rotatable bonds is 9. The Bertz CT molecular complexity index is 736. The van der Waals surface area contributed by atoms with Crippen LogP contribution in [0, 0.1) is 0 Å². The van der Waals surface area contributed by atoms with Gasteiger partial charge in [-0.1, -0.05) is 12.1 Å². The highest BCUT2D eigenvalue weighted by molar-refractivity contribution is 7.80. The SMILES string of the molecule is COc1ccc(CNC(=S)N(CCCN2CCOCC2)Cc2ccncc2)cc1. The second kappa shape index (κ2) is 11.7. The van der Waals surface area contributed by atoms with Gasteiger partial charge in [0.15, 0.2) is 5.11 Å². The highest BCUT2D eigenvalue weighted by atomic mass is 32.1. The quantitative estimate of drug-likeness (QED) is 0.633. The van der Waals surface area contributed by atoms with E-state index in [-0.39, 0.29) is 0 Å². The van der Waals surface area contributed by atoms with Gasteiger partial charge in [0.25, 0.3) is 0 Å². The van der Waals surface area contributed by atoms with Crippen molar-refractivity contribution >= 4 is 17.3 Å². The van der Waals surface area contributed by atoms with Crippen LogP contribution in [-0.2, 0) is 17.8 Å². The Kier molecular flexibility index (Phi) is 8.67. The molecular formula is C22H30N4O2S. The lowest BCUT2D eigenvalue weighted by atomic mass is 10.2. The van der Waals surface area contributed by atoms with Crippen molar-refractivity contribution in [3.8, 4) is 5.75 Å². The van der Waals surface area contributed by atoms with Crippen LogP contribution >= 0.6 is 12.2 Å². The minimum absolute atomic E-state index is 0.694. The van der Waals surface area contributed by atoms with Crippen molar-refractivity contribution in [1.82, 2.24) is 20.1 Å². The summed E-state index contributed by atoms with van der Waals surface area (Å²) in [7, 11) is 1.68. The molecule has 1 fully saturated rings. The maximum Gasteiger partial charge on any atom is 0.169 e.